The van der Waals surface area contributed by atoms with Crippen LogP contribution in [0.15, 0.2) is 64.9 Å². The molecule has 0 amide bonds. The van der Waals surface area contributed by atoms with Gasteiger partial charge in [0, 0.05) is 11.8 Å². The van der Waals surface area contributed by atoms with Crippen LogP contribution in [0.4, 0.5) is 5.69 Å². The average molecular weight is 167 g/mol. The van der Waals surface area contributed by atoms with Crippen LogP contribution < -0.4 is 0 Å². The molecule has 0 saturated heterocycles. The summed E-state index contributed by atoms with van der Waals surface area (Å²) < 4.78 is 0. The Bertz CT molecular complexity index is 404. The van der Waals surface area contributed by atoms with Crippen LogP contribution in [-0.2, 0) is 0 Å². The molecule has 1 nitrogen and oxygen atoms in total. The Labute approximate surface area is 77.4 Å². The van der Waals surface area contributed by atoms with Crippen LogP contribution in [0.25, 0.3) is 0 Å². The fraction of sp³-hybridized carbons (Fsp3) is 0. The third-order valence-electron chi connectivity index (χ3n) is 1.73. The highest BCUT2D eigenvalue weighted by Crippen LogP contribution is 2.10. The number of nitrogens with zero attached hydrogens (tertiary/aromatic N) is 1. The molecule has 0 atom stereocenters. The molecule has 0 radical (unpaired) electrons. The fourth-order valence-electron chi connectivity index (χ4n) is 1.08. The van der Waals surface area contributed by atoms with Gasteiger partial charge in [0.05, 0.1) is 5.69 Å². The van der Waals surface area contributed by atoms with Crippen molar-refractivity contribution in [3.63, 3.8) is 0 Å². The van der Waals surface area contributed by atoms with Crippen LogP contribution in [0.3, 0.4) is 0 Å². The third kappa shape index (κ3) is 2.05. The van der Waals surface area contributed by atoms with Crippen molar-refractivity contribution < 1.29 is 0 Å². The summed E-state index contributed by atoms with van der Waals surface area (Å²) in [4.78, 5) is 4.29. The lowest BCUT2D eigenvalue weighted by atomic mass is 10.3. The van der Waals surface area contributed by atoms with Crippen molar-refractivity contribution >= 4 is 11.9 Å². The van der Waals surface area contributed by atoms with Gasteiger partial charge in [0.1, 0.15) is 0 Å². The van der Waals surface area contributed by atoms with E-state index in [4.69, 9.17) is 0 Å². The van der Waals surface area contributed by atoms with Crippen molar-refractivity contribution in [2.45, 2.75) is 0 Å². The van der Waals surface area contributed by atoms with Gasteiger partial charge in [-0.1, -0.05) is 24.3 Å². The van der Waals surface area contributed by atoms with E-state index in [1.54, 1.807) is 0 Å². The predicted octanol–water partition coefficient (Wildman–Crippen LogP) is 3.04. The van der Waals surface area contributed by atoms with Crippen LogP contribution in [0.1, 0.15) is 0 Å². The standard InChI is InChI=1S/C12H9N/c1-2-8-12(9-3-1)13-10-11-6-4-5-7-11/h1-6,8-10H. The van der Waals surface area contributed by atoms with Gasteiger partial charge in [-0.05, 0) is 24.3 Å². The molecule has 0 fully saturated rings. The number of allylic oxidation sites excluding steroid dienone is 3. The molecule has 0 aliphatic heterocycles. The van der Waals surface area contributed by atoms with Crippen LogP contribution in [0.5, 0.6) is 0 Å². The van der Waals surface area contributed by atoms with E-state index in [2.05, 4.69) is 10.7 Å². The molecule has 13 heavy (non-hydrogen) atoms. The van der Waals surface area contributed by atoms with Crippen LogP contribution in [0, 0.1) is 0 Å². The monoisotopic (exact) mass is 167 g/mol. The molecule has 1 aromatic carbocycles. The highest BCUT2D eigenvalue weighted by atomic mass is 14.7. The van der Waals surface area contributed by atoms with Gasteiger partial charge in [-0.15, -0.1) is 5.73 Å². The highest BCUT2D eigenvalue weighted by Gasteiger charge is 1.88. The second-order valence-corrected chi connectivity index (χ2v) is 2.72. The van der Waals surface area contributed by atoms with Gasteiger partial charge in [0.15, 0.2) is 0 Å². The zero-order valence-electron chi connectivity index (χ0n) is 7.14. The molecule has 0 aromatic heterocycles. The number of para-hydroxylation sites is 1. The maximum Gasteiger partial charge on any atom is 0.0630 e. The second kappa shape index (κ2) is 3.70. The Balaban J connectivity index is 2.15. The molecule has 0 heterocycles. The topological polar surface area (TPSA) is 12.4 Å². The lowest BCUT2D eigenvalue weighted by Gasteiger charge is -1.89. The highest BCUT2D eigenvalue weighted by molar-refractivity contribution is 5.85. The molecule has 1 aliphatic carbocycles. The van der Waals surface area contributed by atoms with Gasteiger partial charge in [-0.25, -0.2) is 0 Å². The molecule has 1 aliphatic rings. The van der Waals surface area contributed by atoms with Gasteiger partial charge in [-0.2, -0.15) is 0 Å². The van der Waals surface area contributed by atoms with Crippen molar-refractivity contribution in [3.05, 3.63) is 59.9 Å². The zero-order chi connectivity index (χ0) is 8.93. The van der Waals surface area contributed by atoms with E-state index >= 15 is 0 Å². The Morgan fingerprint density at radius 3 is 2.69 bits per heavy atom. The summed E-state index contributed by atoms with van der Waals surface area (Å²) in [6, 6.07) is 9.87. The molecule has 0 N–H and O–H groups in total. The summed E-state index contributed by atoms with van der Waals surface area (Å²) in [5.74, 6) is 0. The largest absolute Gasteiger partial charge is 0.256 e. The Morgan fingerprint density at radius 1 is 1.15 bits per heavy atom. The molecule has 0 unspecified atom stereocenters. The van der Waals surface area contributed by atoms with E-state index in [1.165, 1.54) is 0 Å². The maximum absolute atomic E-state index is 4.29. The van der Waals surface area contributed by atoms with Crippen LogP contribution in [-0.4, -0.2) is 6.21 Å². The maximum atomic E-state index is 4.29. The first kappa shape index (κ1) is 7.78. The Hall–Kier alpha value is -1.85. The second-order valence-electron chi connectivity index (χ2n) is 2.72. The van der Waals surface area contributed by atoms with Gasteiger partial charge in [0.2, 0.25) is 0 Å². The van der Waals surface area contributed by atoms with Gasteiger partial charge in [0.25, 0.3) is 0 Å². The first-order valence-corrected chi connectivity index (χ1v) is 4.18. The predicted molar refractivity (Wildman–Crippen MR) is 55.3 cm³/mol. The van der Waals surface area contributed by atoms with Crippen LogP contribution in [0.2, 0.25) is 0 Å². The van der Waals surface area contributed by atoms with Gasteiger partial charge in [-0.3, -0.25) is 4.99 Å². The molecular formula is C12H9N. The fourth-order valence-corrected chi connectivity index (χ4v) is 1.08. The SMILES string of the molecule is C1=CC=CC=1C=Nc1ccccc1. The number of aliphatic imine (C=N–C) groups is 1. The molecule has 62 valence electrons. The zero-order valence-corrected chi connectivity index (χ0v) is 7.14. The number of hydrogen-bond donors (Lipinski definition) is 0. The van der Waals surface area contributed by atoms with Gasteiger partial charge >= 0.3 is 0 Å². The minimum atomic E-state index is 0.970. The van der Waals surface area contributed by atoms with Crippen molar-refractivity contribution in [3.8, 4) is 0 Å². The summed E-state index contributed by atoms with van der Waals surface area (Å²) in [6.45, 7) is 0. The summed E-state index contributed by atoms with van der Waals surface area (Å²) >= 11 is 0. The summed E-state index contributed by atoms with van der Waals surface area (Å²) in [7, 11) is 0. The molecule has 0 saturated carbocycles. The first-order chi connectivity index (χ1) is 6.45. The number of hydrogen-bond acceptors (Lipinski definition) is 1. The molecule has 2 rings (SSSR count). The van der Waals surface area contributed by atoms with Crippen molar-refractivity contribution in [1.29, 1.82) is 0 Å². The molecule has 1 heteroatoms. The number of benzene rings is 1. The summed E-state index contributed by atoms with van der Waals surface area (Å²) in [5.41, 5.74) is 5.05. The lowest BCUT2D eigenvalue weighted by Crippen LogP contribution is -1.73. The van der Waals surface area contributed by atoms with E-state index in [0.29, 0.717) is 0 Å². The van der Waals surface area contributed by atoms with Crippen molar-refractivity contribution in [1.82, 2.24) is 0 Å². The lowest BCUT2D eigenvalue weighted by molar-refractivity contribution is 1.53. The smallest absolute Gasteiger partial charge is 0.0630 e. The summed E-state index contributed by atoms with van der Waals surface area (Å²) in [5, 5.41) is 0. The first-order valence-electron chi connectivity index (χ1n) is 4.18. The summed E-state index contributed by atoms with van der Waals surface area (Å²) in [6.07, 6.45) is 7.63. The number of rotatable bonds is 2. The minimum Gasteiger partial charge on any atom is -0.256 e. The van der Waals surface area contributed by atoms with Crippen LogP contribution >= 0.6 is 0 Å². The third-order valence-corrected chi connectivity index (χ3v) is 1.73. The van der Waals surface area contributed by atoms with Crippen molar-refractivity contribution in [2.75, 3.05) is 0 Å². The van der Waals surface area contributed by atoms with E-state index in [-0.39, 0.29) is 0 Å². The van der Waals surface area contributed by atoms with E-state index in [1.807, 2.05) is 54.8 Å². The van der Waals surface area contributed by atoms with Crippen molar-refractivity contribution in [2.24, 2.45) is 4.99 Å². The molecular weight excluding hydrogens is 158 g/mol. The quantitative estimate of drug-likeness (QED) is 0.474. The van der Waals surface area contributed by atoms with E-state index in [9.17, 15) is 0 Å². The average Bonchev–Trinajstić information content (AvgIpc) is 2.69. The van der Waals surface area contributed by atoms with Gasteiger partial charge < -0.3 is 0 Å². The normalized spacial score (nSPS) is 14.0. The van der Waals surface area contributed by atoms with E-state index in [0.717, 1.165) is 11.3 Å². The molecule has 0 bridgehead atoms. The molecule has 0 spiro atoms. The Morgan fingerprint density at radius 2 is 2.00 bits per heavy atom. The Kier molecular flexibility index (Phi) is 2.22. The minimum absolute atomic E-state index is 0.970. The van der Waals surface area contributed by atoms with E-state index < -0.39 is 0 Å². The molecule has 1 aromatic rings.